The number of allylic oxidation sites excluding steroid dienone is 2. The lowest BCUT2D eigenvalue weighted by molar-refractivity contribution is 0.987. The van der Waals surface area contributed by atoms with E-state index in [9.17, 15) is 0 Å². The van der Waals surface area contributed by atoms with Crippen LogP contribution in [0.3, 0.4) is 0 Å². The average molecular weight is 352 g/mol. The fraction of sp³-hybridized carbons (Fsp3) is 0.222. The molecule has 128 valence electrons. The van der Waals surface area contributed by atoms with Crippen LogP contribution in [0.2, 0.25) is 0 Å². The highest BCUT2D eigenvalue weighted by Gasteiger charge is 2.14. The molecule has 3 rings (SSSR count). The summed E-state index contributed by atoms with van der Waals surface area (Å²) in [4.78, 5) is 10.0. The van der Waals surface area contributed by atoms with Gasteiger partial charge in [0.25, 0.3) is 0 Å². The van der Waals surface area contributed by atoms with Crippen molar-refractivity contribution < 1.29 is 0 Å². The number of pyridine rings is 1. The maximum absolute atomic E-state index is 7.79. The van der Waals surface area contributed by atoms with Crippen LogP contribution in [0, 0.1) is 12.3 Å². The third-order valence-corrected chi connectivity index (χ3v) is 4.82. The van der Waals surface area contributed by atoms with Crippen LogP contribution in [0.15, 0.2) is 36.7 Å². The van der Waals surface area contributed by atoms with Crippen LogP contribution in [0.1, 0.15) is 26.8 Å². The Labute approximate surface area is 150 Å². The third kappa shape index (κ3) is 4.19. The van der Waals surface area contributed by atoms with Crippen LogP contribution in [0.5, 0.6) is 0 Å². The summed E-state index contributed by atoms with van der Waals surface area (Å²) in [7, 11) is 1.85. The van der Waals surface area contributed by atoms with E-state index in [4.69, 9.17) is 5.41 Å². The molecule has 0 fully saturated rings. The summed E-state index contributed by atoms with van der Waals surface area (Å²) in [5.74, 6) is 0.794. The molecule has 0 saturated heterocycles. The van der Waals surface area contributed by atoms with Gasteiger partial charge in [-0.05, 0) is 24.6 Å². The molecule has 0 atom stereocenters. The predicted octanol–water partition coefficient (Wildman–Crippen LogP) is 3.48. The smallest absolute Gasteiger partial charge is 0.145 e. The molecule has 0 aromatic carbocycles. The Hall–Kier alpha value is -2.80. The van der Waals surface area contributed by atoms with E-state index in [1.807, 2.05) is 44.4 Å². The van der Waals surface area contributed by atoms with E-state index in [2.05, 4.69) is 25.5 Å². The number of thiazole rings is 1. The standard InChI is InChI=1S/C18H20N6S/c1-12-3-5-14(21-11-12)6-4-13(10-19)17-18(20-2)23-16(25-17)9-15-7-8-22-24-15/h3-5,7-8,10-11,19-20H,6,9H2,1-2H3,(H,22,24)/b13-4+,19-10?. The number of nitrogens with zero attached hydrogens (tertiary/aromatic N) is 3. The van der Waals surface area contributed by atoms with Crippen LogP contribution in [0.4, 0.5) is 5.82 Å². The van der Waals surface area contributed by atoms with E-state index in [0.29, 0.717) is 12.8 Å². The van der Waals surface area contributed by atoms with Crippen LogP contribution < -0.4 is 5.32 Å². The Balaban J connectivity index is 1.83. The van der Waals surface area contributed by atoms with E-state index >= 15 is 0 Å². The number of nitrogens with one attached hydrogen (secondary N) is 3. The fourth-order valence-electron chi connectivity index (χ4n) is 2.40. The molecule has 6 nitrogen and oxygen atoms in total. The van der Waals surface area contributed by atoms with Crippen molar-refractivity contribution in [3.8, 4) is 0 Å². The monoisotopic (exact) mass is 352 g/mol. The quantitative estimate of drug-likeness (QED) is 0.568. The Kier molecular flexibility index (Phi) is 5.35. The SMILES string of the molecule is CNc1nc(Cc2cc[nH]n2)sc1/C(C=N)=C/Cc1ccc(C)cn1. The Morgan fingerprint density at radius 3 is 2.84 bits per heavy atom. The van der Waals surface area contributed by atoms with Crippen molar-refractivity contribution in [2.24, 2.45) is 0 Å². The lowest BCUT2D eigenvalue weighted by Crippen LogP contribution is -1.95. The van der Waals surface area contributed by atoms with Gasteiger partial charge in [0.05, 0.1) is 10.6 Å². The summed E-state index contributed by atoms with van der Waals surface area (Å²) in [6, 6.07) is 6.01. The molecule has 0 amide bonds. The molecular formula is C18H20N6S. The highest BCUT2D eigenvalue weighted by Crippen LogP contribution is 2.30. The van der Waals surface area contributed by atoms with Crippen molar-refractivity contribution in [1.82, 2.24) is 20.2 Å². The number of hydrogen-bond acceptors (Lipinski definition) is 6. The molecule has 3 heterocycles. The summed E-state index contributed by atoms with van der Waals surface area (Å²) in [6.45, 7) is 2.02. The minimum atomic E-state index is 0.674. The van der Waals surface area contributed by atoms with E-state index in [-0.39, 0.29) is 0 Å². The largest absolute Gasteiger partial charge is 0.372 e. The average Bonchev–Trinajstić information content (AvgIpc) is 3.27. The van der Waals surface area contributed by atoms with Gasteiger partial charge in [-0.1, -0.05) is 12.1 Å². The summed E-state index contributed by atoms with van der Waals surface area (Å²) >= 11 is 1.59. The first kappa shape index (κ1) is 17.0. The topological polar surface area (TPSA) is 90.3 Å². The second-order valence-electron chi connectivity index (χ2n) is 5.61. The maximum atomic E-state index is 7.79. The minimum Gasteiger partial charge on any atom is -0.372 e. The molecule has 0 bridgehead atoms. The summed E-state index contributed by atoms with van der Waals surface area (Å²) < 4.78 is 0. The summed E-state index contributed by atoms with van der Waals surface area (Å²) in [5, 5.41) is 18.9. The first-order valence-corrected chi connectivity index (χ1v) is 8.80. The predicted molar refractivity (Wildman–Crippen MR) is 102 cm³/mol. The number of aromatic nitrogens is 4. The van der Waals surface area contributed by atoms with Gasteiger partial charge >= 0.3 is 0 Å². The Bertz CT molecular complexity index is 862. The van der Waals surface area contributed by atoms with E-state index in [0.717, 1.165) is 38.2 Å². The number of rotatable bonds is 7. The molecule has 0 unspecified atom stereocenters. The highest BCUT2D eigenvalue weighted by molar-refractivity contribution is 7.13. The number of anilines is 1. The lowest BCUT2D eigenvalue weighted by atomic mass is 10.1. The zero-order valence-electron chi connectivity index (χ0n) is 14.2. The molecule has 0 aliphatic heterocycles. The normalized spacial score (nSPS) is 11.5. The van der Waals surface area contributed by atoms with Gasteiger partial charge in [-0.25, -0.2) is 4.98 Å². The molecule has 0 aliphatic rings. The molecule has 0 saturated carbocycles. The first-order chi connectivity index (χ1) is 12.2. The van der Waals surface area contributed by atoms with Crippen molar-refractivity contribution in [1.29, 1.82) is 5.41 Å². The summed E-state index contributed by atoms with van der Waals surface area (Å²) in [6.07, 6.45) is 8.42. The molecular weight excluding hydrogens is 332 g/mol. The van der Waals surface area contributed by atoms with Gasteiger partial charge in [-0.2, -0.15) is 5.10 Å². The van der Waals surface area contributed by atoms with Crippen LogP contribution in [-0.2, 0) is 12.8 Å². The molecule has 0 aliphatic carbocycles. The molecule has 25 heavy (non-hydrogen) atoms. The fourth-order valence-corrected chi connectivity index (χ4v) is 3.50. The number of H-pyrrole nitrogens is 1. The lowest BCUT2D eigenvalue weighted by Gasteiger charge is -2.02. The van der Waals surface area contributed by atoms with Gasteiger partial charge in [0, 0.05) is 49.8 Å². The maximum Gasteiger partial charge on any atom is 0.145 e. The molecule has 3 aromatic heterocycles. The number of aromatic amines is 1. The molecule has 3 aromatic rings. The van der Waals surface area contributed by atoms with Crippen molar-refractivity contribution in [2.45, 2.75) is 19.8 Å². The van der Waals surface area contributed by atoms with Gasteiger partial charge in [-0.15, -0.1) is 11.3 Å². The van der Waals surface area contributed by atoms with E-state index in [1.165, 1.54) is 6.21 Å². The van der Waals surface area contributed by atoms with Crippen molar-refractivity contribution in [2.75, 3.05) is 12.4 Å². The van der Waals surface area contributed by atoms with Gasteiger partial charge < -0.3 is 10.7 Å². The van der Waals surface area contributed by atoms with Gasteiger partial charge in [0.2, 0.25) is 0 Å². The Morgan fingerprint density at radius 1 is 1.32 bits per heavy atom. The zero-order valence-corrected chi connectivity index (χ0v) is 15.0. The van der Waals surface area contributed by atoms with E-state index < -0.39 is 0 Å². The Morgan fingerprint density at radius 2 is 2.20 bits per heavy atom. The van der Waals surface area contributed by atoms with Crippen LogP contribution >= 0.6 is 11.3 Å². The second-order valence-corrected chi connectivity index (χ2v) is 6.70. The van der Waals surface area contributed by atoms with Crippen molar-refractivity contribution in [3.05, 3.63) is 63.5 Å². The molecule has 0 radical (unpaired) electrons. The molecule has 3 N–H and O–H groups in total. The second kappa shape index (κ2) is 7.85. The van der Waals surface area contributed by atoms with Crippen molar-refractivity contribution in [3.63, 3.8) is 0 Å². The first-order valence-electron chi connectivity index (χ1n) is 7.98. The number of hydrogen-bond donors (Lipinski definition) is 3. The van der Waals surface area contributed by atoms with Crippen molar-refractivity contribution >= 4 is 28.9 Å². The molecule has 0 spiro atoms. The minimum absolute atomic E-state index is 0.674. The van der Waals surface area contributed by atoms with Crippen LogP contribution in [0.25, 0.3) is 5.57 Å². The number of aryl methyl sites for hydroxylation is 1. The summed E-state index contributed by atoms with van der Waals surface area (Å²) in [5.41, 5.74) is 3.92. The zero-order chi connectivity index (χ0) is 17.6. The van der Waals surface area contributed by atoms with Gasteiger partial charge in [0.1, 0.15) is 10.8 Å². The van der Waals surface area contributed by atoms with Gasteiger partial charge in [-0.3, -0.25) is 10.1 Å². The molecule has 7 heteroatoms. The third-order valence-electron chi connectivity index (χ3n) is 3.72. The van der Waals surface area contributed by atoms with Gasteiger partial charge in [0.15, 0.2) is 0 Å². The highest BCUT2D eigenvalue weighted by atomic mass is 32.1. The van der Waals surface area contributed by atoms with E-state index in [1.54, 1.807) is 17.5 Å². The van der Waals surface area contributed by atoms with Crippen LogP contribution in [-0.4, -0.2) is 33.4 Å².